The molecule has 0 radical (unpaired) electrons. The molecule has 1 saturated heterocycles. The van der Waals surface area contributed by atoms with E-state index in [1.165, 1.54) is 12.1 Å². The van der Waals surface area contributed by atoms with Crippen molar-refractivity contribution in [2.24, 2.45) is 17.8 Å². The monoisotopic (exact) mass is 722 g/mol. The van der Waals surface area contributed by atoms with Gasteiger partial charge in [0.2, 0.25) is 0 Å². The molecule has 2 heterocycles. The fourth-order valence-corrected chi connectivity index (χ4v) is 7.34. The van der Waals surface area contributed by atoms with E-state index >= 15 is 0 Å². The minimum absolute atomic E-state index is 0.0924. The van der Waals surface area contributed by atoms with Gasteiger partial charge < -0.3 is 29.6 Å². The predicted molar refractivity (Wildman–Crippen MR) is 204 cm³/mol. The number of nitrogens with zero attached hydrogens (tertiary/aromatic N) is 2. The number of aliphatic hydroxyl groups excluding tert-OH is 1. The zero-order chi connectivity index (χ0) is 36.5. The van der Waals surface area contributed by atoms with Crippen LogP contribution in [0.25, 0.3) is 11.1 Å². The second kappa shape index (κ2) is 22.4. The highest BCUT2D eigenvalue weighted by Gasteiger charge is 2.35. The molecule has 1 fully saturated rings. The Bertz CT molecular complexity index is 1340. The normalized spacial score (nSPS) is 19.2. The highest BCUT2D eigenvalue weighted by atomic mass is 32.2. The third-order valence-corrected chi connectivity index (χ3v) is 9.44. The van der Waals surface area contributed by atoms with Crippen LogP contribution < -0.4 is 15.9 Å². The van der Waals surface area contributed by atoms with Crippen LogP contribution in [0.4, 0.5) is 15.2 Å². The number of ether oxygens (including phenoxy) is 2. The van der Waals surface area contributed by atoms with Crippen molar-refractivity contribution in [3.05, 3.63) is 47.8 Å². The molecule has 5 unspecified atom stereocenters. The lowest BCUT2D eigenvalue weighted by atomic mass is 9.82. The molecule has 276 valence electrons. The summed E-state index contributed by atoms with van der Waals surface area (Å²) in [6.45, 7) is 20.0. The molecular weight excluding hydrogens is 662 g/mol. The van der Waals surface area contributed by atoms with Crippen molar-refractivity contribution in [2.45, 2.75) is 104 Å². The second-order valence-corrected chi connectivity index (χ2v) is 15.1. The number of rotatable bonds is 13. The van der Waals surface area contributed by atoms with Gasteiger partial charge in [0.05, 0.1) is 12.7 Å². The van der Waals surface area contributed by atoms with Gasteiger partial charge >= 0.3 is 6.09 Å². The number of aromatic nitrogens is 1. The molecule has 5 atom stereocenters. The van der Waals surface area contributed by atoms with Crippen LogP contribution in [0.15, 0.2) is 45.7 Å². The zero-order valence-electron chi connectivity index (χ0n) is 30.9. The molecule has 1 aliphatic heterocycles. The number of amides is 1. The summed E-state index contributed by atoms with van der Waals surface area (Å²) in [6.07, 6.45) is 3.50. The molecule has 1 amide bonds. The van der Waals surface area contributed by atoms with E-state index in [9.17, 15) is 9.18 Å². The van der Waals surface area contributed by atoms with Gasteiger partial charge in [-0.3, -0.25) is 0 Å². The number of hydrogen-bond acceptors (Lipinski definition) is 9. The molecule has 3 aromatic rings. The maximum absolute atomic E-state index is 12.7. The number of alkyl carbamates (subject to hydrolysis) is 1. The number of aryl methyl sites for hydroxylation is 1. The Kier molecular flexibility index (Phi) is 19.5. The number of hydrogen-bond donors (Lipinski definition) is 3. The van der Waals surface area contributed by atoms with Crippen molar-refractivity contribution in [1.29, 1.82) is 0 Å². The van der Waals surface area contributed by atoms with E-state index in [1.807, 2.05) is 25.1 Å². The lowest BCUT2D eigenvalue weighted by Gasteiger charge is -2.30. The largest absolute Gasteiger partial charge is 0.446 e. The number of anilines is 1. The molecular formula is C37H60FN4O5PS. The van der Waals surface area contributed by atoms with E-state index in [0.717, 1.165) is 72.7 Å². The lowest BCUT2D eigenvalue weighted by molar-refractivity contribution is 0.0230. The second-order valence-electron chi connectivity index (χ2n) is 13.3. The molecule has 3 N–H and O–H groups in total. The minimum Gasteiger partial charge on any atom is -0.446 e. The van der Waals surface area contributed by atoms with Crippen LogP contribution >= 0.6 is 21.2 Å². The zero-order valence-corrected chi connectivity index (χ0v) is 32.9. The average molecular weight is 723 g/mol. The van der Waals surface area contributed by atoms with Crippen molar-refractivity contribution >= 4 is 49.7 Å². The van der Waals surface area contributed by atoms with Gasteiger partial charge in [-0.25, -0.2) is 13.5 Å². The predicted octanol–water partition coefficient (Wildman–Crippen LogP) is 8.20. The summed E-state index contributed by atoms with van der Waals surface area (Å²) >= 11 is 1.72. The molecule has 9 nitrogen and oxygen atoms in total. The van der Waals surface area contributed by atoms with E-state index in [-0.39, 0.29) is 30.2 Å². The van der Waals surface area contributed by atoms with Crippen LogP contribution in [0, 0.1) is 30.5 Å². The van der Waals surface area contributed by atoms with Gasteiger partial charge in [0, 0.05) is 50.0 Å². The molecule has 12 heteroatoms. The Morgan fingerprint density at radius 3 is 2.55 bits per heavy atom. The van der Waals surface area contributed by atoms with E-state index in [0.29, 0.717) is 36.9 Å². The first-order valence-corrected chi connectivity index (χ1v) is 18.8. The smallest absolute Gasteiger partial charge is 0.407 e. The number of fused-ring (bicyclic) bond motifs is 1. The number of carbonyl (C=O) groups is 1. The Morgan fingerprint density at radius 2 is 1.92 bits per heavy atom. The number of aliphatic hydroxyl groups is 1. The number of nitrogens with one attached hydrogen (secondary N) is 2. The van der Waals surface area contributed by atoms with Gasteiger partial charge in [0.25, 0.3) is 6.01 Å². The van der Waals surface area contributed by atoms with Crippen molar-refractivity contribution in [1.82, 2.24) is 14.6 Å². The summed E-state index contributed by atoms with van der Waals surface area (Å²) in [6, 6.07) is 11.9. The SMILES string of the molecule is CCCC1C(OC(=O)NCCCN(CC(C)C)Sc2ccc3nc(NC(C)C)oc3c2)CCOC(C)C1C.CO.Cc1cc(F)cc(P)c1. The summed E-state index contributed by atoms with van der Waals surface area (Å²) in [4.78, 5) is 18.3. The van der Waals surface area contributed by atoms with Gasteiger partial charge in [-0.2, -0.15) is 4.98 Å². The van der Waals surface area contributed by atoms with Gasteiger partial charge in [0.15, 0.2) is 5.58 Å². The molecule has 0 saturated carbocycles. The summed E-state index contributed by atoms with van der Waals surface area (Å²) in [5.74, 6) is 1.06. The van der Waals surface area contributed by atoms with Gasteiger partial charge in [-0.1, -0.05) is 40.2 Å². The van der Waals surface area contributed by atoms with E-state index in [1.54, 1.807) is 11.9 Å². The fourth-order valence-electron chi connectivity index (χ4n) is 5.74. The third-order valence-electron chi connectivity index (χ3n) is 8.05. The molecule has 1 aromatic heterocycles. The third kappa shape index (κ3) is 15.6. The molecule has 0 bridgehead atoms. The highest BCUT2D eigenvalue weighted by Crippen LogP contribution is 2.32. The Morgan fingerprint density at radius 1 is 1.18 bits per heavy atom. The number of oxazole rings is 1. The van der Waals surface area contributed by atoms with Crippen molar-refractivity contribution in [2.75, 3.05) is 38.7 Å². The topological polar surface area (TPSA) is 109 Å². The first kappa shape index (κ1) is 42.7. The summed E-state index contributed by atoms with van der Waals surface area (Å²) < 4.78 is 32.5. The average Bonchev–Trinajstić information content (AvgIpc) is 3.36. The molecule has 1 aliphatic rings. The van der Waals surface area contributed by atoms with Gasteiger partial charge in [0.1, 0.15) is 17.4 Å². The molecule has 4 rings (SSSR count). The summed E-state index contributed by atoms with van der Waals surface area (Å²) in [5.41, 5.74) is 2.59. The Hall–Kier alpha value is -2.43. The fraction of sp³-hybridized carbons (Fsp3) is 0.622. The molecule has 2 aromatic carbocycles. The maximum Gasteiger partial charge on any atom is 0.407 e. The Labute approximate surface area is 300 Å². The number of carbonyl (C=O) groups excluding carboxylic acids is 1. The number of halogens is 1. The number of benzene rings is 2. The van der Waals surface area contributed by atoms with Crippen LogP contribution in [0.2, 0.25) is 0 Å². The van der Waals surface area contributed by atoms with Crippen molar-refractivity contribution < 1.29 is 28.2 Å². The quantitative estimate of drug-likeness (QED) is 0.0914. The molecule has 0 spiro atoms. The van der Waals surface area contributed by atoms with E-state index in [2.05, 4.69) is 83.7 Å². The molecule has 0 aliphatic carbocycles. The van der Waals surface area contributed by atoms with E-state index < -0.39 is 0 Å². The molecule has 49 heavy (non-hydrogen) atoms. The van der Waals surface area contributed by atoms with Crippen molar-refractivity contribution in [3.63, 3.8) is 0 Å². The maximum atomic E-state index is 12.7. The van der Waals surface area contributed by atoms with Gasteiger partial charge in [-0.15, -0.1) is 9.24 Å². The summed E-state index contributed by atoms with van der Waals surface area (Å²) in [5, 5.41) is 14.1. The summed E-state index contributed by atoms with van der Waals surface area (Å²) in [7, 11) is 3.46. The van der Waals surface area contributed by atoms with Crippen LogP contribution in [0.3, 0.4) is 0 Å². The van der Waals surface area contributed by atoms with Crippen LogP contribution in [-0.2, 0) is 9.47 Å². The van der Waals surface area contributed by atoms with Crippen LogP contribution in [0.5, 0.6) is 0 Å². The van der Waals surface area contributed by atoms with Gasteiger partial charge in [-0.05, 0) is 106 Å². The first-order chi connectivity index (χ1) is 23.3. The highest BCUT2D eigenvalue weighted by molar-refractivity contribution is 7.97. The van der Waals surface area contributed by atoms with Crippen LogP contribution in [0.1, 0.15) is 79.7 Å². The van der Waals surface area contributed by atoms with E-state index in [4.69, 9.17) is 19.0 Å². The minimum atomic E-state index is -0.317. The lowest BCUT2D eigenvalue weighted by Crippen LogP contribution is -2.37. The first-order valence-electron chi connectivity index (χ1n) is 17.5. The standard InChI is InChI=1S/C29H48N4O4S.C7H8FP.CH4O/c1-8-10-24-21(6)22(7)35-16-13-26(24)37-29(34)30-14-9-15-33(18-19(2)3)38-23-11-12-25-27(17-23)36-28(32-25)31-20(4)5;1-5-2-6(8)4-7(9)3-5;1-2/h11-12,17,19-22,24,26H,8-10,13-16,18H2,1-7H3,(H,30,34)(H,31,32);2-4H,9H2,1H3;2H,1H3. The van der Waals surface area contributed by atoms with Crippen LogP contribution in [-0.4, -0.2) is 72.1 Å². The van der Waals surface area contributed by atoms with Crippen molar-refractivity contribution in [3.8, 4) is 0 Å². The Balaban J connectivity index is 0.000000647.